The van der Waals surface area contributed by atoms with Crippen molar-refractivity contribution in [1.82, 2.24) is 0 Å². The van der Waals surface area contributed by atoms with Gasteiger partial charge >= 0.3 is 0 Å². The molecule has 1 aliphatic rings. The van der Waals surface area contributed by atoms with E-state index in [1.807, 2.05) is 0 Å². The van der Waals surface area contributed by atoms with E-state index < -0.39 is 0 Å². The van der Waals surface area contributed by atoms with Gasteiger partial charge < -0.3 is 0 Å². The van der Waals surface area contributed by atoms with Crippen molar-refractivity contribution in [2.24, 2.45) is 0 Å². The molecular weight excluding hydrogens is 264 g/mol. The van der Waals surface area contributed by atoms with Gasteiger partial charge in [0.05, 0.1) is 0 Å². The predicted octanol–water partition coefficient (Wildman–Crippen LogP) is 6.17. The zero-order valence-corrected chi connectivity index (χ0v) is 12.9. The first-order valence-electron chi connectivity index (χ1n) is 8.15. The third-order valence-electron chi connectivity index (χ3n) is 4.69. The number of hydrogen-bond acceptors (Lipinski definition) is 0. The van der Waals surface area contributed by atoms with Crippen molar-refractivity contribution in [1.29, 1.82) is 0 Å². The summed E-state index contributed by atoms with van der Waals surface area (Å²) in [5.74, 6) is 0.419. The van der Waals surface area contributed by atoms with E-state index in [2.05, 4.69) is 79.7 Å². The lowest BCUT2D eigenvalue weighted by molar-refractivity contribution is 0.833. The molecule has 0 heterocycles. The molecule has 4 rings (SSSR count). The number of hydrogen-bond donors (Lipinski definition) is 0. The summed E-state index contributed by atoms with van der Waals surface area (Å²) in [7, 11) is 0. The van der Waals surface area contributed by atoms with Crippen LogP contribution in [0.5, 0.6) is 0 Å². The maximum atomic E-state index is 2.41. The molecule has 0 nitrogen and oxygen atoms in total. The molecule has 3 aromatic rings. The van der Waals surface area contributed by atoms with E-state index >= 15 is 0 Å². The highest BCUT2D eigenvalue weighted by Gasteiger charge is 2.26. The van der Waals surface area contributed by atoms with Crippen LogP contribution in [0.3, 0.4) is 0 Å². The van der Waals surface area contributed by atoms with E-state index in [1.54, 1.807) is 5.57 Å². The van der Waals surface area contributed by atoms with Crippen molar-refractivity contribution in [3.8, 4) is 0 Å². The van der Waals surface area contributed by atoms with Gasteiger partial charge in [-0.15, -0.1) is 0 Å². The third kappa shape index (κ3) is 2.07. The average molecular weight is 284 g/mol. The summed E-state index contributed by atoms with van der Waals surface area (Å²) in [4.78, 5) is 0. The largest absolute Gasteiger partial charge is 0.0651 e. The minimum Gasteiger partial charge on any atom is -0.0651 e. The first-order chi connectivity index (χ1) is 10.9. The van der Waals surface area contributed by atoms with Gasteiger partial charge in [0.25, 0.3) is 0 Å². The SMILES string of the molecule is CCCC1=Cc2ccccc2C1c1cccc2ccccc12. The highest BCUT2D eigenvalue weighted by atomic mass is 14.3. The Hall–Kier alpha value is -2.34. The van der Waals surface area contributed by atoms with Gasteiger partial charge in [0.2, 0.25) is 0 Å². The van der Waals surface area contributed by atoms with Gasteiger partial charge in [-0.25, -0.2) is 0 Å². The molecule has 22 heavy (non-hydrogen) atoms. The number of benzene rings is 3. The van der Waals surface area contributed by atoms with Crippen LogP contribution in [-0.4, -0.2) is 0 Å². The normalized spacial score (nSPS) is 16.6. The third-order valence-corrected chi connectivity index (χ3v) is 4.69. The summed E-state index contributed by atoms with van der Waals surface area (Å²) in [5.41, 5.74) is 5.86. The van der Waals surface area contributed by atoms with Crippen molar-refractivity contribution in [3.05, 3.63) is 89.0 Å². The van der Waals surface area contributed by atoms with Gasteiger partial charge in [0.15, 0.2) is 0 Å². The molecule has 0 radical (unpaired) electrons. The number of fused-ring (bicyclic) bond motifs is 2. The molecule has 0 bridgehead atoms. The molecule has 0 saturated carbocycles. The first-order valence-corrected chi connectivity index (χ1v) is 8.15. The van der Waals surface area contributed by atoms with Crippen LogP contribution in [0.25, 0.3) is 16.8 Å². The Morgan fingerprint density at radius 3 is 2.41 bits per heavy atom. The molecule has 0 aliphatic heterocycles. The summed E-state index contributed by atoms with van der Waals surface area (Å²) < 4.78 is 0. The van der Waals surface area contributed by atoms with Gasteiger partial charge in [-0.05, 0) is 33.9 Å². The molecular formula is C22H20. The van der Waals surface area contributed by atoms with Crippen molar-refractivity contribution in [3.63, 3.8) is 0 Å². The lowest BCUT2D eigenvalue weighted by Crippen LogP contribution is -2.02. The monoisotopic (exact) mass is 284 g/mol. The molecule has 0 heteroatoms. The zero-order valence-electron chi connectivity index (χ0n) is 12.9. The minimum atomic E-state index is 0.419. The van der Waals surface area contributed by atoms with Crippen molar-refractivity contribution in [2.45, 2.75) is 25.7 Å². The average Bonchev–Trinajstić information content (AvgIpc) is 2.92. The Kier molecular flexibility index (Phi) is 3.31. The second-order valence-electron chi connectivity index (χ2n) is 6.10. The van der Waals surface area contributed by atoms with Crippen molar-refractivity contribution >= 4 is 16.8 Å². The van der Waals surface area contributed by atoms with E-state index in [4.69, 9.17) is 0 Å². The molecule has 0 amide bonds. The van der Waals surface area contributed by atoms with E-state index in [-0.39, 0.29) is 0 Å². The smallest absolute Gasteiger partial charge is 0.0314 e. The van der Waals surface area contributed by atoms with Gasteiger partial charge in [-0.1, -0.05) is 91.7 Å². The Bertz CT molecular complexity index is 849. The Labute approximate surface area is 132 Å². The van der Waals surface area contributed by atoms with Gasteiger partial charge in [0, 0.05) is 5.92 Å². The molecule has 0 N–H and O–H groups in total. The lowest BCUT2D eigenvalue weighted by atomic mass is 9.84. The molecule has 0 spiro atoms. The Morgan fingerprint density at radius 2 is 1.50 bits per heavy atom. The summed E-state index contributed by atoms with van der Waals surface area (Å²) >= 11 is 0. The van der Waals surface area contributed by atoms with Gasteiger partial charge in [-0.2, -0.15) is 0 Å². The molecule has 0 aromatic heterocycles. The molecule has 1 aliphatic carbocycles. The summed E-state index contributed by atoms with van der Waals surface area (Å²) in [6, 6.07) is 24.3. The number of allylic oxidation sites excluding steroid dienone is 1. The van der Waals surface area contributed by atoms with Crippen LogP contribution in [0.2, 0.25) is 0 Å². The van der Waals surface area contributed by atoms with E-state index in [0.717, 1.165) is 0 Å². The fourth-order valence-corrected chi connectivity index (χ4v) is 3.76. The second-order valence-corrected chi connectivity index (χ2v) is 6.10. The molecule has 0 fully saturated rings. The minimum absolute atomic E-state index is 0.419. The Morgan fingerprint density at radius 1 is 0.773 bits per heavy atom. The molecule has 108 valence electrons. The number of rotatable bonds is 3. The first kappa shape index (κ1) is 13.3. The fourth-order valence-electron chi connectivity index (χ4n) is 3.76. The molecule has 3 aromatic carbocycles. The molecule has 1 unspecified atom stereocenters. The van der Waals surface area contributed by atoms with Crippen LogP contribution in [0.4, 0.5) is 0 Å². The standard InChI is InChI=1S/C22H20/c1-2-8-18-15-17-10-4-6-13-20(17)22(18)21-14-7-11-16-9-3-5-12-19(16)21/h3-7,9-15,22H,2,8H2,1H3. The van der Waals surface area contributed by atoms with Crippen molar-refractivity contribution in [2.75, 3.05) is 0 Å². The van der Waals surface area contributed by atoms with Crippen LogP contribution < -0.4 is 0 Å². The van der Waals surface area contributed by atoms with Gasteiger partial charge in [0.1, 0.15) is 0 Å². The van der Waals surface area contributed by atoms with Crippen LogP contribution in [-0.2, 0) is 0 Å². The van der Waals surface area contributed by atoms with Crippen molar-refractivity contribution < 1.29 is 0 Å². The van der Waals surface area contributed by atoms with Crippen LogP contribution in [0.15, 0.2) is 72.3 Å². The van der Waals surface area contributed by atoms with E-state index in [1.165, 1.54) is 40.3 Å². The van der Waals surface area contributed by atoms with Crippen LogP contribution in [0.1, 0.15) is 42.4 Å². The summed E-state index contributed by atoms with van der Waals surface area (Å²) in [6.45, 7) is 2.27. The predicted molar refractivity (Wildman–Crippen MR) is 95.1 cm³/mol. The van der Waals surface area contributed by atoms with Crippen LogP contribution in [0, 0.1) is 0 Å². The highest BCUT2D eigenvalue weighted by Crippen LogP contribution is 2.44. The lowest BCUT2D eigenvalue weighted by Gasteiger charge is -2.19. The maximum Gasteiger partial charge on any atom is 0.0314 e. The summed E-state index contributed by atoms with van der Waals surface area (Å²) in [6.07, 6.45) is 4.77. The zero-order chi connectivity index (χ0) is 14.9. The van der Waals surface area contributed by atoms with E-state index in [0.29, 0.717) is 5.92 Å². The summed E-state index contributed by atoms with van der Waals surface area (Å²) in [5, 5.41) is 2.72. The van der Waals surface area contributed by atoms with Gasteiger partial charge in [-0.3, -0.25) is 0 Å². The Balaban J connectivity index is 1.94. The quantitative estimate of drug-likeness (QED) is 0.539. The van der Waals surface area contributed by atoms with E-state index in [9.17, 15) is 0 Å². The molecule has 1 atom stereocenters. The fraction of sp³-hybridized carbons (Fsp3) is 0.182. The topological polar surface area (TPSA) is 0 Å². The molecule has 0 saturated heterocycles. The highest BCUT2D eigenvalue weighted by molar-refractivity contribution is 5.88. The maximum absolute atomic E-state index is 2.41. The van der Waals surface area contributed by atoms with Crippen LogP contribution >= 0.6 is 0 Å². The second kappa shape index (κ2) is 5.46.